The Labute approximate surface area is 165 Å². The zero-order chi connectivity index (χ0) is 21.6. The van der Waals surface area contributed by atoms with Gasteiger partial charge in [-0.05, 0) is 32.0 Å². The number of nitrogens with zero attached hydrogens (tertiary/aromatic N) is 1. The van der Waals surface area contributed by atoms with Gasteiger partial charge >= 0.3 is 5.97 Å². The molecule has 9 nitrogen and oxygen atoms in total. The molecule has 2 aromatic rings. The summed E-state index contributed by atoms with van der Waals surface area (Å²) in [5.41, 5.74) is -0.428. The zero-order valence-corrected chi connectivity index (χ0v) is 15.7. The lowest BCUT2D eigenvalue weighted by Gasteiger charge is -2.25. The SMILES string of the molecule is CN1[C@@H](CC(=O)O)CC[C@H]1CNC(=O)c1cc(=O)c2cccc(F)c2[nH]1.O=CO. The second-order valence-electron chi connectivity index (χ2n) is 6.67. The van der Waals surface area contributed by atoms with Crippen molar-refractivity contribution in [2.24, 2.45) is 0 Å². The first-order valence-corrected chi connectivity index (χ1v) is 8.89. The Morgan fingerprint density at radius 2 is 2.00 bits per heavy atom. The second kappa shape index (κ2) is 9.78. The number of rotatable bonds is 5. The summed E-state index contributed by atoms with van der Waals surface area (Å²) >= 11 is 0. The van der Waals surface area contributed by atoms with E-state index in [0.717, 1.165) is 18.9 Å². The van der Waals surface area contributed by atoms with Gasteiger partial charge in [0.15, 0.2) is 5.43 Å². The van der Waals surface area contributed by atoms with E-state index in [-0.39, 0.29) is 41.6 Å². The highest BCUT2D eigenvalue weighted by Crippen LogP contribution is 2.24. The van der Waals surface area contributed by atoms with Crippen LogP contribution in [-0.2, 0) is 9.59 Å². The van der Waals surface area contributed by atoms with Gasteiger partial charge in [0.05, 0.1) is 11.9 Å². The molecule has 0 aliphatic carbocycles. The molecule has 2 atom stereocenters. The third-order valence-electron chi connectivity index (χ3n) is 4.95. The number of aromatic amines is 1. The monoisotopic (exact) mass is 407 g/mol. The molecule has 156 valence electrons. The number of aromatic nitrogens is 1. The summed E-state index contributed by atoms with van der Waals surface area (Å²) in [6.07, 6.45) is 1.59. The van der Waals surface area contributed by atoms with Crippen molar-refractivity contribution in [3.8, 4) is 0 Å². The molecule has 1 aromatic heterocycles. The molecule has 1 saturated heterocycles. The average Bonchev–Trinajstić information content (AvgIpc) is 3.00. The van der Waals surface area contributed by atoms with Gasteiger partial charge in [-0.25, -0.2) is 4.39 Å². The second-order valence-corrected chi connectivity index (χ2v) is 6.67. The Bertz CT molecular complexity index is 961. The molecule has 1 fully saturated rings. The van der Waals surface area contributed by atoms with Crippen LogP contribution in [0.5, 0.6) is 0 Å². The molecule has 1 aliphatic rings. The van der Waals surface area contributed by atoms with Crippen LogP contribution in [0.1, 0.15) is 29.8 Å². The smallest absolute Gasteiger partial charge is 0.304 e. The number of amides is 1. The number of carbonyl (C=O) groups is 3. The number of fused-ring (bicyclic) bond motifs is 1. The molecule has 1 aliphatic heterocycles. The summed E-state index contributed by atoms with van der Waals surface area (Å²) in [6, 6.07) is 5.28. The van der Waals surface area contributed by atoms with Crippen LogP contribution in [0.2, 0.25) is 0 Å². The normalized spacial score (nSPS) is 18.7. The number of carbonyl (C=O) groups excluding carboxylic acids is 1. The van der Waals surface area contributed by atoms with Gasteiger partial charge in [0, 0.05) is 30.1 Å². The number of hydrogen-bond donors (Lipinski definition) is 4. The third kappa shape index (κ3) is 5.38. The molecular weight excluding hydrogens is 385 g/mol. The highest BCUT2D eigenvalue weighted by atomic mass is 19.1. The number of hydrogen-bond acceptors (Lipinski definition) is 5. The van der Waals surface area contributed by atoms with Gasteiger partial charge in [-0.2, -0.15) is 0 Å². The minimum atomic E-state index is -0.845. The fourth-order valence-electron chi connectivity index (χ4n) is 3.45. The molecular formula is C19H22FN3O6. The van der Waals surface area contributed by atoms with Gasteiger partial charge in [0.25, 0.3) is 12.4 Å². The van der Waals surface area contributed by atoms with E-state index < -0.39 is 23.1 Å². The largest absolute Gasteiger partial charge is 0.483 e. The summed E-state index contributed by atoms with van der Waals surface area (Å²) in [5.74, 6) is -1.94. The van der Waals surface area contributed by atoms with Crippen LogP contribution < -0.4 is 10.7 Å². The highest BCUT2D eigenvalue weighted by Gasteiger charge is 2.31. The first kappa shape index (κ1) is 22.0. The number of benzene rings is 1. The first-order chi connectivity index (χ1) is 13.8. The number of aliphatic carboxylic acids is 1. The Balaban J connectivity index is 0.000000941. The van der Waals surface area contributed by atoms with Gasteiger partial charge in [-0.15, -0.1) is 0 Å². The van der Waals surface area contributed by atoms with Crippen LogP contribution in [-0.4, -0.2) is 64.1 Å². The van der Waals surface area contributed by atoms with Crippen LogP contribution in [0.3, 0.4) is 0 Å². The van der Waals surface area contributed by atoms with Gasteiger partial charge in [-0.3, -0.25) is 24.1 Å². The molecule has 4 N–H and O–H groups in total. The summed E-state index contributed by atoms with van der Waals surface area (Å²) < 4.78 is 13.9. The molecule has 3 rings (SSSR count). The van der Waals surface area contributed by atoms with Gasteiger partial charge in [0.2, 0.25) is 0 Å². The summed E-state index contributed by atoms with van der Waals surface area (Å²) in [7, 11) is 1.84. The van der Waals surface area contributed by atoms with Crippen LogP contribution in [0.25, 0.3) is 10.9 Å². The van der Waals surface area contributed by atoms with Crippen molar-refractivity contribution in [1.82, 2.24) is 15.2 Å². The van der Waals surface area contributed by atoms with Crippen LogP contribution >= 0.6 is 0 Å². The van der Waals surface area contributed by atoms with Crippen molar-refractivity contribution in [2.45, 2.75) is 31.3 Å². The van der Waals surface area contributed by atoms with Crippen molar-refractivity contribution in [3.05, 3.63) is 46.0 Å². The molecule has 2 heterocycles. The highest BCUT2D eigenvalue weighted by molar-refractivity contribution is 5.94. The molecule has 0 spiro atoms. The number of carboxylic acid groups (broad SMARTS) is 2. The van der Waals surface area contributed by atoms with Crippen molar-refractivity contribution < 1.29 is 29.0 Å². The predicted octanol–water partition coefficient (Wildman–Crippen LogP) is 1.04. The van der Waals surface area contributed by atoms with Crippen molar-refractivity contribution in [2.75, 3.05) is 13.6 Å². The van der Waals surface area contributed by atoms with Gasteiger partial charge in [0.1, 0.15) is 11.5 Å². The quantitative estimate of drug-likeness (QED) is 0.543. The van der Waals surface area contributed by atoms with Crippen molar-refractivity contribution >= 4 is 29.3 Å². The molecule has 0 saturated carbocycles. The van der Waals surface area contributed by atoms with Crippen LogP contribution in [0, 0.1) is 5.82 Å². The molecule has 10 heteroatoms. The topological polar surface area (TPSA) is 140 Å². The number of carboxylic acids is 1. The lowest BCUT2D eigenvalue weighted by atomic mass is 10.1. The maximum absolute atomic E-state index is 13.9. The molecule has 0 radical (unpaired) electrons. The number of nitrogens with one attached hydrogen (secondary N) is 2. The van der Waals surface area contributed by atoms with Crippen LogP contribution in [0.4, 0.5) is 4.39 Å². The molecule has 1 aromatic carbocycles. The number of likely N-dealkylation sites (N-methyl/N-ethyl adjacent to an activating group) is 1. The Morgan fingerprint density at radius 3 is 2.66 bits per heavy atom. The van der Waals surface area contributed by atoms with E-state index in [1.807, 2.05) is 11.9 Å². The fourth-order valence-corrected chi connectivity index (χ4v) is 3.45. The summed E-state index contributed by atoms with van der Waals surface area (Å²) in [6.45, 7) is 0.0722. The van der Waals surface area contributed by atoms with E-state index in [1.165, 1.54) is 18.2 Å². The standard InChI is InChI=1S/C18H20FN3O4.CH2O2/c1-22-10(7-16(24)25)5-6-11(22)9-20-18(26)14-8-15(23)12-3-2-4-13(19)17(12)21-14;2-1-3/h2-4,8,10-11H,5-7,9H2,1H3,(H,20,26)(H,21,23)(H,24,25);1H,(H,2,3)/t10-,11+;/m1./s1. The van der Waals surface area contributed by atoms with E-state index in [0.29, 0.717) is 6.54 Å². The lowest BCUT2D eigenvalue weighted by molar-refractivity contribution is -0.138. The number of H-pyrrole nitrogens is 1. The maximum Gasteiger partial charge on any atom is 0.304 e. The maximum atomic E-state index is 13.9. The van der Waals surface area contributed by atoms with Crippen molar-refractivity contribution in [1.29, 1.82) is 0 Å². The van der Waals surface area contributed by atoms with E-state index >= 15 is 0 Å². The molecule has 0 unspecified atom stereocenters. The molecule has 0 bridgehead atoms. The Kier molecular flexibility index (Phi) is 7.43. The first-order valence-electron chi connectivity index (χ1n) is 8.89. The summed E-state index contributed by atoms with van der Waals surface area (Å²) in [5, 5.41) is 18.7. The average molecular weight is 407 g/mol. The van der Waals surface area contributed by atoms with Gasteiger partial charge in [-0.1, -0.05) is 6.07 Å². The Morgan fingerprint density at radius 1 is 1.34 bits per heavy atom. The minimum Gasteiger partial charge on any atom is -0.483 e. The van der Waals surface area contributed by atoms with E-state index in [4.69, 9.17) is 15.0 Å². The number of pyridine rings is 1. The zero-order valence-electron chi connectivity index (χ0n) is 15.7. The van der Waals surface area contributed by atoms with E-state index in [2.05, 4.69) is 10.3 Å². The van der Waals surface area contributed by atoms with E-state index in [1.54, 1.807) is 0 Å². The summed E-state index contributed by atoms with van der Waals surface area (Å²) in [4.78, 5) is 48.3. The minimum absolute atomic E-state index is 0.00431. The molecule has 29 heavy (non-hydrogen) atoms. The van der Waals surface area contributed by atoms with Crippen LogP contribution in [0.15, 0.2) is 29.1 Å². The predicted molar refractivity (Wildman–Crippen MR) is 102 cm³/mol. The number of likely N-dealkylation sites (tertiary alicyclic amines) is 1. The fraction of sp³-hybridized carbons (Fsp3) is 0.368. The number of para-hydroxylation sites is 1. The van der Waals surface area contributed by atoms with Crippen molar-refractivity contribution in [3.63, 3.8) is 0 Å². The third-order valence-corrected chi connectivity index (χ3v) is 4.95. The lowest BCUT2D eigenvalue weighted by Crippen LogP contribution is -2.41. The van der Waals surface area contributed by atoms with E-state index in [9.17, 15) is 18.8 Å². The van der Waals surface area contributed by atoms with Gasteiger partial charge < -0.3 is 20.5 Å². The number of halogens is 1. The Hall–Kier alpha value is -3.27. The molecule has 1 amide bonds.